The van der Waals surface area contributed by atoms with Crippen LogP contribution in [0.5, 0.6) is 5.75 Å². The number of ether oxygens (including phenoxy) is 1. The van der Waals surface area contributed by atoms with Crippen molar-refractivity contribution in [1.29, 1.82) is 0 Å². The highest BCUT2D eigenvalue weighted by atomic mass is 35.5. The normalized spacial score (nSPS) is 17.3. The van der Waals surface area contributed by atoms with Crippen molar-refractivity contribution < 1.29 is 9.53 Å². The van der Waals surface area contributed by atoms with E-state index in [-0.39, 0.29) is 18.2 Å². The number of halogens is 1. The molecule has 128 valence electrons. The fraction of sp³-hybridized carbons (Fsp3) is 0.412. The van der Waals surface area contributed by atoms with Crippen molar-refractivity contribution in [3.63, 3.8) is 0 Å². The van der Waals surface area contributed by atoms with Gasteiger partial charge in [0.1, 0.15) is 5.75 Å². The van der Waals surface area contributed by atoms with E-state index < -0.39 is 0 Å². The van der Waals surface area contributed by atoms with Crippen molar-refractivity contribution in [2.24, 2.45) is 0 Å². The van der Waals surface area contributed by atoms with Gasteiger partial charge < -0.3 is 15.0 Å². The number of nitrogens with zero attached hydrogens (tertiary/aromatic N) is 3. The quantitative estimate of drug-likeness (QED) is 0.914. The Bertz CT molecular complexity index is 703. The van der Waals surface area contributed by atoms with Gasteiger partial charge in [-0.3, -0.25) is 4.68 Å². The van der Waals surface area contributed by atoms with Gasteiger partial charge in [0.2, 0.25) is 0 Å². The van der Waals surface area contributed by atoms with Crippen molar-refractivity contribution >= 4 is 23.3 Å². The molecule has 2 aromatic rings. The van der Waals surface area contributed by atoms with Gasteiger partial charge in [-0.15, -0.1) is 0 Å². The van der Waals surface area contributed by atoms with Crippen LogP contribution in [0.15, 0.2) is 36.7 Å². The number of anilines is 1. The van der Waals surface area contributed by atoms with E-state index in [4.69, 9.17) is 16.3 Å². The molecule has 0 aliphatic carbocycles. The van der Waals surface area contributed by atoms with Gasteiger partial charge in [0.15, 0.2) is 0 Å². The number of nitrogens with one attached hydrogen (secondary N) is 1. The second kappa shape index (κ2) is 7.13. The van der Waals surface area contributed by atoms with Crippen molar-refractivity contribution in [2.75, 3.05) is 18.4 Å². The summed E-state index contributed by atoms with van der Waals surface area (Å²) >= 11 is 6.06. The molecule has 1 saturated heterocycles. The van der Waals surface area contributed by atoms with Gasteiger partial charge in [-0.1, -0.05) is 11.6 Å². The van der Waals surface area contributed by atoms with Gasteiger partial charge in [0.05, 0.1) is 17.8 Å². The summed E-state index contributed by atoms with van der Waals surface area (Å²) < 4.78 is 7.64. The molecule has 0 saturated carbocycles. The first-order valence-corrected chi connectivity index (χ1v) is 8.42. The predicted molar refractivity (Wildman–Crippen MR) is 93.7 cm³/mol. The number of benzene rings is 1. The van der Waals surface area contributed by atoms with Crippen LogP contribution >= 0.6 is 11.6 Å². The monoisotopic (exact) mass is 348 g/mol. The van der Waals surface area contributed by atoms with Gasteiger partial charge in [-0.2, -0.15) is 5.10 Å². The number of hydrogen-bond donors (Lipinski definition) is 1. The van der Waals surface area contributed by atoms with Crippen LogP contribution in [0.2, 0.25) is 5.02 Å². The molecule has 1 aliphatic heterocycles. The first kappa shape index (κ1) is 16.6. The Balaban J connectivity index is 1.68. The van der Waals surface area contributed by atoms with E-state index in [0.717, 1.165) is 6.42 Å². The van der Waals surface area contributed by atoms with Crippen molar-refractivity contribution in [3.8, 4) is 5.75 Å². The number of hydrogen-bond acceptors (Lipinski definition) is 3. The Kier molecular flexibility index (Phi) is 4.94. The van der Waals surface area contributed by atoms with Crippen molar-refractivity contribution in [1.82, 2.24) is 14.7 Å². The Morgan fingerprint density at radius 1 is 1.46 bits per heavy atom. The molecule has 6 nitrogen and oxygen atoms in total. The Morgan fingerprint density at radius 2 is 2.29 bits per heavy atom. The third-order valence-corrected chi connectivity index (χ3v) is 4.13. The zero-order valence-corrected chi connectivity index (χ0v) is 14.5. The number of aromatic nitrogens is 2. The van der Waals surface area contributed by atoms with E-state index in [1.807, 2.05) is 30.8 Å². The summed E-state index contributed by atoms with van der Waals surface area (Å²) in [6.07, 6.45) is 4.58. The average molecular weight is 349 g/mol. The molecule has 0 unspecified atom stereocenters. The molecule has 0 radical (unpaired) electrons. The lowest BCUT2D eigenvalue weighted by Crippen LogP contribution is -2.33. The summed E-state index contributed by atoms with van der Waals surface area (Å²) in [7, 11) is 0. The van der Waals surface area contributed by atoms with Crippen LogP contribution in [0.1, 0.15) is 26.3 Å². The zero-order chi connectivity index (χ0) is 17.1. The molecule has 3 rings (SSSR count). The van der Waals surface area contributed by atoms with Crippen LogP contribution in [-0.2, 0) is 0 Å². The van der Waals surface area contributed by atoms with E-state index >= 15 is 0 Å². The third-order valence-electron chi connectivity index (χ3n) is 3.90. The molecule has 1 aliphatic rings. The van der Waals surface area contributed by atoms with Crippen LogP contribution in [0.25, 0.3) is 0 Å². The minimum Gasteiger partial charge on any atom is -0.489 e. The summed E-state index contributed by atoms with van der Waals surface area (Å²) in [5.41, 5.74) is 0.587. The third kappa shape index (κ3) is 3.82. The van der Waals surface area contributed by atoms with Crippen LogP contribution in [0.3, 0.4) is 0 Å². The Hall–Kier alpha value is -2.21. The van der Waals surface area contributed by atoms with Gasteiger partial charge >= 0.3 is 6.03 Å². The van der Waals surface area contributed by atoms with Gasteiger partial charge in [0.25, 0.3) is 0 Å². The second-order valence-corrected chi connectivity index (χ2v) is 6.55. The highest BCUT2D eigenvalue weighted by Crippen LogP contribution is 2.30. The average Bonchev–Trinajstić information content (AvgIpc) is 3.19. The molecular formula is C17H21ClN4O2. The van der Waals surface area contributed by atoms with Gasteiger partial charge in [-0.25, -0.2) is 4.79 Å². The topological polar surface area (TPSA) is 59.4 Å². The highest BCUT2D eigenvalue weighted by molar-refractivity contribution is 6.31. The maximum atomic E-state index is 12.6. The number of rotatable bonds is 4. The fourth-order valence-electron chi connectivity index (χ4n) is 2.79. The minimum atomic E-state index is -0.152. The number of amides is 2. The Morgan fingerprint density at radius 3 is 3.00 bits per heavy atom. The molecule has 1 N–H and O–H groups in total. The maximum absolute atomic E-state index is 12.6. The smallest absolute Gasteiger partial charge is 0.322 e. The first-order chi connectivity index (χ1) is 11.5. The second-order valence-electron chi connectivity index (χ2n) is 6.11. The summed E-state index contributed by atoms with van der Waals surface area (Å²) in [5, 5.41) is 7.72. The molecule has 1 aromatic heterocycles. The van der Waals surface area contributed by atoms with Crippen LogP contribution < -0.4 is 10.1 Å². The largest absolute Gasteiger partial charge is 0.489 e. The van der Waals surface area contributed by atoms with Crippen LogP contribution in [-0.4, -0.2) is 39.9 Å². The number of carbonyl (C=O) groups is 1. The molecule has 2 heterocycles. The fourth-order valence-corrected chi connectivity index (χ4v) is 2.96. The lowest BCUT2D eigenvalue weighted by Gasteiger charge is -2.20. The summed E-state index contributed by atoms with van der Waals surface area (Å²) in [6, 6.07) is 7.19. The number of carbonyl (C=O) groups excluding carboxylic acids is 1. The van der Waals surface area contributed by atoms with Crippen LogP contribution in [0.4, 0.5) is 10.5 Å². The van der Waals surface area contributed by atoms with E-state index in [0.29, 0.717) is 29.5 Å². The van der Waals surface area contributed by atoms with E-state index in [1.165, 1.54) is 0 Å². The summed E-state index contributed by atoms with van der Waals surface area (Å²) in [6.45, 7) is 5.20. The summed E-state index contributed by atoms with van der Waals surface area (Å²) in [5.74, 6) is 0.616. The molecule has 1 atom stereocenters. The van der Waals surface area contributed by atoms with Gasteiger partial charge in [-0.05, 0) is 44.5 Å². The van der Waals surface area contributed by atoms with Crippen molar-refractivity contribution in [3.05, 3.63) is 41.7 Å². The molecule has 0 spiro atoms. The molecule has 1 aromatic carbocycles. The molecule has 1 fully saturated rings. The lowest BCUT2D eigenvalue weighted by molar-refractivity contribution is 0.219. The first-order valence-electron chi connectivity index (χ1n) is 8.04. The minimum absolute atomic E-state index is 0.0119. The highest BCUT2D eigenvalue weighted by Gasteiger charge is 2.28. The van der Waals surface area contributed by atoms with Crippen molar-refractivity contribution in [2.45, 2.75) is 32.4 Å². The molecule has 24 heavy (non-hydrogen) atoms. The number of urea groups is 1. The molecule has 7 heteroatoms. The van der Waals surface area contributed by atoms with E-state index in [1.54, 1.807) is 29.3 Å². The SMILES string of the molecule is CC(C)Oc1ccc(Cl)cc1NC(=O)N1CC[C@H](n2cccn2)C1. The maximum Gasteiger partial charge on any atom is 0.322 e. The summed E-state index contributed by atoms with van der Waals surface area (Å²) in [4.78, 5) is 14.3. The number of likely N-dealkylation sites (tertiary alicyclic amines) is 1. The molecular weight excluding hydrogens is 328 g/mol. The molecule has 0 bridgehead atoms. The van der Waals surface area contributed by atoms with Gasteiger partial charge in [0, 0.05) is 30.5 Å². The van der Waals surface area contributed by atoms with Crippen LogP contribution in [0, 0.1) is 0 Å². The van der Waals surface area contributed by atoms with E-state index in [2.05, 4.69) is 10.4 Å². The lowest BCUT2D eigenvalue weighted by atomic mass is 10.3. The Labute approximate surface area is 146 Å². The zero-order valence-electron chi connectivity index (χ0n) is 13.8. The standard InChI is InChI=1S/C17H21ClN4O2/c1-12(2)24-16-5-4-13(18)10-15(16)20-17(23)21-9-6-14(11-21)22-8-3-7-19-22/h3-5,7-8,10,12,14H,6,9,11H2,1-2H3,(H,20,23)/t14-/m0/s1. The molecule has 2 amide bonds. The van der Waals surface area contributed by atoms with E-state index in [9.17, 15) is 4.79 Å². The predicted octanol–water partition coefficient (Wildman–Crippen LogP) is 3.80.